The lowest BCUT2D eigenvalue weighted by atomic mass is 10.1. The maximum atomic E-state index is 12.8. The monoisotopic (exact) mass is 394 g/mol. The van der Waals surface area contributed by atoms with Gasteiger partial charge >= 0.3 is 6.18 Å². The summed E-state index contributed by atoms with van der Waals surface area (Å²) in [6.07, 6.45) is -2.80. The summed E-state index contributed by atoms with van der Waals surface area (Å²) < 4.78 is 43.8. The Bertz CT molecular complexity index is 903. The molecule has 27 heavy (non-hydrogen) atoms. The Morgan fingerprint density at radius 3 is 2.70 bits per heavy atom. The van der Waals surface area contributed by atoms with Crippen LogP contribution in [0.15, 0.2) is 57.5 Å². The highest BCUT2D eigenvalue weighted by atomic mass is 32.1. The molecule has 2 N–H and O–H groups in total. The van der Waals surface area contributed by atoms with Crippen LogP contribution in [0.2, 0.25) is 0 Å². The van der Waals surface area contributed by atoms with Crippen molar-refractivity contribution in [2.45, 2.75) is 19.3 Å². The van der Waals surface area contributed by atoms with E-state index in [1.165, 1.54) is 17.4 Å². The predicted octanol–water partition coefficient (Wildman–Crippen LogP) is 4.29. The van der Waals surface area contributed by atoms with Gasteiger partial charge in [0.25, 0.3) is 0 Å². The topological polar surface area (TPSA) is 62.5 Å². The number of nitrogens with one attached hydrogen (secondary N) is 2. The zero-order chi connectivity index (χ0) is 19.3. The number of nitrogens with zero attached hydrogens (tertiary/aromatic N) is 2. The van der Waals surface area contributed by atoms with Crippen molar-refractivity contribution in [3.05, 3.63) is 64.9 Å². The molecule has 0 unspecified atom stereocenters. The van der Waals surface area contributed by atoms with Crippen LogP contribution in [-0.4, -0.2) is 18.0 Å². The third-order valence-electron chi connectivity index (χ3n) is 3.66. The zero-order valence-corrected chi connectivity index (χ0v) is 15.2. The van der Waals surface area contributed by atoms with Gasteiger partial charge in [-0.2, -0.15) is 13.2 Å². The summed E-state index contributed by atoms with van der Waals surface area (Å²) in [5.74, 6) is 1.00. The first-order valence-electron chi connectivity index (χ1n) is 8.04. The van der Waals surface area contributed by atoms with Crippen molar-refractivity contribution in [1.82, 2.24) is 15.6 Å². The molecule has 2 aromatic heterocycles. The van der Waals surface area contributed by atoms with Gasteiger partial charge in [-0.15, -0.1) is 11.3 Å². The molecule has 0 radical (unpaired) electrons. The number of guanidine groups is 1. The summed E-state index contributed by atoms with van der Waals surface area (Å²) in [4.78, 5) is 9.39. The Balaban J connectivity index is 1.54. The van der Waals surface area contributed by atoms with Crippen molar-refractivity contribution in [3.63, 3.8) is 0 Å². The Hall–Kier alpha value is -2.81. The molecule has 2 heterocycles. The van der Waals surface area contributed by atoms with E-state index in [9.17, 15) is 13.2 Å². The number of hydrogen-bond acceptors (Lipinski definition) is 4. The van der Waals surface area contributed by atoms with Crippen molar-refractivity contribution >= 4 is 17.3 Å². The summed E-state index contributed by atoms with van der Waals surface area (Å²) in [5.41, 5.74) is 0.531. The summed E-state index contributed by atoms with van der Waals surface area (Å²) in [7, 11) is 1.58. The molecule has 0 atom stereocenters. The lowest BCUT2D eigenvalue weighted by Gasteiger charge is -2.12. The van der Waals surface area contributed by atoms with E-state index in [-0.39, 0.29) is 6.54 Å². The molecule has 0 spiro atoms. The first-order chi connectivity index (χ1) is 13.0. The molecule has 0 saturated carbocycles. The van der Waals surface area contributed by atoms with Gasteiger partial charge in [-0.1, -0.05) is 18.2 Å². The van der Waals surface area contributed by atoms with E-state index in [0.29, 0.717) is 29.7 Å². The van der Waals surface area contributed by atoms with Crippen LogP contribution in [0.3, 0.4) is 0 Å². The van der Waals surface area contributed by atoms with Crippen molar-refractivity contribution in [3.8, 4) is 10.8 Å². The number of thiophene rings is 1. The zero-order valence-electron chi connectivity index (χ0n) is 14.4. The van der Waals surface area contributed by atoms with Gasteiger partial charge in [0.2, 0.25) is 5.89 Å². The van der Waals surface area contributed by atoms with Crippen LogP contribution in [0.25, 0.3) is 10.8 Å². The maximum Gasteiger partial charge on any atom is 0.416 e. The molecular formula is C18H17F3N4OS. The molecule has 0 aliphatic heterocycles. The van der Waals surface area contributed by atoms with E-state index in [0.717, 1.165) is 17.0 Å². The van der Waals surface area contributed by atoms with Gasteiger partial charge in [-0.3, -0.25) is 4.99 Å². The standard InChI is InChI=1S/C18H17F3N4OS/c1-22-17(23-9-12-4-2-5-13(8-12)18(19,20)21)24-10-14-11-26-16(25-14)15-6-3-7-27-15/h2-8,11H,9-10H2,1H3,(H2,22,23,24). The van der Waals surface area contributed by atoms with Crippen molar-refractivity contribution in [1.29, 1.82) is 0 Å². The number of benzene rings is 1. The second-order valence-corrected chi connectivity index (χ2v) is 6.55. The lowest BCUT2D eigenvalue weighted by Crippen LogP contribution is -2.36. The fraction of sp³-hybridized carbons (Fsp3) is 0.222. The van der Waals surface area contributed by atoms with E-state index in [2.05, 4.69) is 20.6 Å². The minimum atomic E-state index is -4.36. The number of aromatic nitrogens is 1. The molecule has 0 saturated heterocycles. The van der Waals surface area contributed by atoms with Crippen LogP contribution in [0.5, 0.6) is 0 Å². The third-order valence-corrected chi connectivity index (χ3v) is 4.52. The van der Waals surface area contributed by atoms with Gasteiger partial charge in [0.1, 0.15) is 6.26 Å². The summed E-state index contributed by atoms with van der Waals surface area (Å²) in [6, 6.07) is 9.01. The summed E-state index contributed by atoms with van der Waals surface area (Å²) in [6.45, 7) is 0.583. The molecule has 3 rings (SSSR count). The second kappa shape index (κ2) is 8.26. The molecular weight excluding hydrogens is 377 g/mol. The Morgan fingerprint density at radius 2 is 2.00 bits per heavy atom. The number of aliphatic imine (C=N–C) groups is 1. The molecule has 142 valence electrons. The van der Waals surface area contributed by atoms with Gasteiger partial charge in [0.05, 0.1) is 22.7 Å². The van der Waals surface area contributed by atoms with E-state index in [1.54, 1.807) is 19.4 Å². The smallest absolute Gasteiger partial charge is 0.416 e. The molecule has 0 bridgehead atoms. The molecule has 1 aromatic carbocycles. The highest BCUT2D eigenvalue weighted by molar-refractivity contribution is 7.13. The predicted molar refractivity (Wildman–Crippen MR) is 98.3 cm³/mol. The van der Waals surface area contributed by atoms with Crippen LogP contribution >= 0.6 is 11.3 Å². The number of halogens is 3. The van der Waals surface area contributed by atoms with Crippen molar-refractivity contribution < 1.29 is 17.6 Å². The van der Waals surface area contributed by atoms with Gasteiger partial charge in [-0.05, 0) is 29.1 Å². The summed E-state index contributed by atoms with van der Waals surface area (Å²) in [5, 5.41) is 7.98. The minimum absolute atomic E-state index is 0.211. The third kappa shape index (κ3) is 5.10. The Morgan fingerprint density at radius 1 is 1.19 bits per heavy atom. The highest BCUT2D eigenvalue weighted by Crippen LogP contribution is 2.29. The molecule has 0 fully saturated rings. The SMILES string of the molecule is CN=C(NCc1cccc(C(F)(F)F)c1)NCc1coc(-c2cccs2)n1. The number of rotatable bonds is 5. The quantitative estimate of drug-likeness (QED) is 0.501. The van der Waals surface area contributed by atoms with Crippen LogP contribution in [0.1, 0.15) is 16.8 Å². The Kier molecular flexibility index (Phi) is 5.80. The molecule has 9 heteroatoms. The van der Waals surface area contributed by atoms with Crippen molar-refractivity contribution in [2.24, 2.45) is 4.99 Å². The number of hydrogen-bond donors (Lipinski definition) is 2. The fourth-order valence-corrected chi connectivity index (χ4v) is 3.00. The van der Waals surface area contributed by atoms with Crippen molar-refractivity contribution in [2.75, 3.05) is 7.05 Å². The second-order valence-electron chi connectivity index (χ2n) is 5.60. The number of alkyl halides is 3. The van der Waals surface area contributed by atoms with E-state index < -0.39 is 11.7 Å². The average molecular weight is 394 g/mol. The number of oxazole rings is 1. The van der Waals surface area contributed by atoms with Crippen LogP contribution in [0.4, 0.5) is 13.2 Å². The van der Waals surface area contributed by atoms with E-state index in [1.807, 2.05) is 17.5 Å². The summed E-state index contributed by atoms with van der Waals surface area (Å²) >= 11 is 1.53. The van der Waals surface area contributed by atoms with Crippen LogP contribution in [-0.2, 0) is 19.3 Å². The molecule has 3 aromatic rings. The van der Waals surface area contributed by atoms with Gasteiger partial charge in [0, 0.05) is 13.6 Å². The Labute approximate surface area is 158 Å². The molecule has 0 amide bonds. The van der Waals surface area contributed by atoms with Gasteiger partial charge in [0.15, 0.2) is 5.96 Å². The highest BCUT2D eigenvalue weighted by Gasteiger charge is 2.30. The molecule has 0 aliphatic rings. The lowest BCUT2D eigenvalue weighted by molar-refractivity contribution is -0.137. The molecule has 5 nitrogen and oxygen atoms in total. The first kappa shape index (κ1) is 19.0. The fourth-order valence-electron chi connectivity index (χ4n) is 2.34. The van der Waals surface area contributed by atoms with E-state index >= 15 is 0 Å². The van der Waals surface area contributed by atoms with E-state index in [4.69, 9.17) is 4.42 Å². The maximum absolute atomic E-state index is 12.8. The normalized spacial score (nSPS) is 12.2. The van der Waals surface area contributed by atoms with Gasteiger partial charge in [-0.25, -0.2) is 4.98 Å². The average Bonchev–Trinajstić information content (AvgIpc) is 3.33. The minimum Gasteiger partial charge on any atom is -0.443 e. The van der Waals surface area contributed by atoms with Crippen LogP contribution in [0, 0.1) is 0 Å². The van der Waals surface area contributed by atoms with Crippen LogP contribution < -0.4 is 10.6 Å². The van der Waals surface area contributed by atoms with Gasteiger partial charge < -0.3 is 15.1 Å². The molecule has 0 aliphatic carbocycles. The first-order valence-corrected chi connectivity index (χ1v) is 8.92. The largest absolute Gasteiger partial charge is 0.443 e.